The third-order valence-electron chi connectivity index (χ3n) is 6.54. The number of amides is 4. The molecule has 166 valence electrons. The molecule has 2 heterocycles. The fraction of sp³-hybridized carbons (Fsp3) is 0.565. The number of anilines is 1. The average molecular weight is 427 g/mol. The number of hydrogen-bond acceptors (Lipinski definition) is 4. The molecule has 1 N–H and O–H groups in total. The highest BCUT2D eigenvalue weighted by Gasteiger charge is 2.63. The van der Waals surface area contributed by atoms with Crippen LogP contribution in [0.3, 0.4) is 0 Å². The van der Waals surface area contributed by atoms with E-state index in [1.807, 2.05) is 13.8 Å². The van der Waals surface area contributed by atoms with Crippen LogP contribution in [0.4, 0.5) is 5.69 Å². The zero-order valence-electron chi connectivity index (χ0n) is 18.2. The normalized spacial score (nSPS) is 22.3. The van der Waals surface area contributed by atoms with Crippen molar-refractivity contribution >= 4 is 29.3 Å². The molecule has 2 aliphatic heterocycles. The van der Waals surface area contributed by atoms with Crippen molar-refractivity contribution in [1.82, 2.24) is 15.1 Å². The van der Waals surface area contributed by atoms with Crippen molar-refractivity contribution in [2.45, 2.75) is 64.1 Å². The van der Waals surface area contributed by atoms with E-state index in [0.717, 1.165) is 12.8 Å². The van der Waals surface area contributed by atoms with Crippen LogP contribution < -0.4 is 10.2 Å². The molecule has 1 saturated heterocycles. The van der Waals surface area contributed by atoms with E-state index in [2.05, 4.69) is 5.32 Å². The van der Waals surface area contributed by atoms with Gasteiger partial charge in [-0.1, -0.05) is 12.1 Å². The van der Waals surface area contributed by atoms with Gasteiger partial charge in [-0.25, -0.2) is 0 Å². The van der Waals surface area contributed by atoms with Crippen LogP contribution in [0.2, 0.25) is 0 Å². The van der Waals surface area contributed by atoms with E-state index in [9.17, 15) is 19.2 Å². The van der Waals surface area contributed by atoms with E-state index >= 15 is 0 Å². The van der Waals surface area contributed by atoms with Crippen LogP contribution in [0.5, 0.6) is 0 Å². The van der Waals surface area contributed by atoms with E-state index < -0.39 is 5.66 Å². The Morgan fingerprint density at radius 1 is 1.16 bits per heavy atom. The topological polar surface area (TPSA) is 90.0 Å². The van der Waals surface area contributed by atoms with E-state index in [-0.39, 0.29) is 42.5 Å². The number of benzene rings is 1. The van der Waals surface area contributed by atoms with Gasteiger partial charge in [0.25, 0.3) is 11.8 Å². The minimum atomic E-state index is -1.31. The lowest BCUT2D eigenvalue weighted by Crippen LogP contribution is -2.71. The lowest BCUT2D eigenvalue weighted by molar-refractivity contribution is -0.134. The maximum atomic E-state index is 13.5. The molecule has 0 bridgehead atoms. The Morgan fingerprint density at radius 2 is 1.87 bits per heavy atom. The van der Waals surface area contributed by atoms with Gasteiger partial charge in [-0.2, -0.15) is 0 Å². The largest absolute Gasteiger partial charge is 0.352 e. The summed E-state index contributed by atoms with van der Waals surface area (Å²) in [5.74, 6) is -0.590. The number of fused-ring (bicyclic) bond motifs is 3. The molecule has 31 heavy (non-hydrogen) atoms. The number of nitrogens with one attached hydrogen (secondary N) is 1. The van der Waals surface area contributed by atoms with E-state index in [4.69, 9.17) is 0 Å². The SMILES string of the molecule is CCN(CC)C(=O)CCCNC(=O)[C@@]12CCC(=O)N1c1ccccc1C(=O)N2C1CC1. The van der Waals surface area contributed by atoms with Crippen LogP contribution in [0.15, 0.2) is 24.3 Å². The summed E-state index contributed by atoms with van der Waals surface area (Å²) in [5.41, 5.74) is -0.330. The second-order valence-corrected chi connectivity index (χ2v) is 8.39. The molecule has 3 aliphatic rings. The Hall–Kier alpha value is -2.90. The van der Waals surface area contributed by atoms with Gasteiger partial charge in [-0.05, 0) is 45.2 Å². The first-order valence-corrected chi connectivity index (χ1v) is 11.3. The molecule has 1 aromatic carbocycles. The molecule has 0 aromatic heterocycles. The zero-order valence-corrected chi connectivity index (χ0v) is 18.2. The van der Waals surface area contributed by atoms with Gasteiger partial charge in [0.05, 0.1) is 11.3 Å². The van der Waals surface area contributed by atoms with Gasteiger partial charge in [-0.3, -0.25) is 24.1 Å². The van der Waals surface area contributed by atoms with Crippen LogP contribution >= 0.6 is 0 Å². The van der Waals surface area contributed by atoms with Gasteiger partial charge in [0.15, 0.2) is 0 Å². The predicted molar refractivity (Wildman–Crippen MR) is 115 cm³/mol. The van der Waals surface area contributed by atoms with Crippen LogP contribution in [0, 0.1) is 0 Å². The average Bonchev–Trinajstić information content (AvgIpc) is 3.54. The Kier molecular flexibility index (Phi) is 5.73. The van der Waals surface area contributed by atoms with Crippen LogP contribution in [0.1, 0.15) is 62.7 Å². The lowest BCUT2D eigenvalue weighted by Gasteiger charge is -2.49. The summed E-state index contributed by atoms with van der Waals surface area (Å²) >= 11 is 0. The number of rotatable bonds is 8. The van der Waals surface area contributed by atoms with Crippen molar-refractivity contribution in [3.8, 4) is 0 Å². The highest BCUT2D eigenvalue weighted by Crippen LogP contribution is 2.48. The molecule has 8 nitrogen and oxygen atoms in total. The molecule has 4 rings (SSSR count). The Morgan fingerprint density at radius 3 is 2.55 bits per heavy atom. The van der Waals surface area contributed by atoms with E-state index in [1.54, 1.807) is 39.0 Å². The van der Waals surface area contributed by atoms with Gasteiger partial charge in [0, 0.05) is 44.9 Å². The maximum Gasteiger partial charge on any atom is 0.267 e. The second kappa shape index (κ2) is 8.32. The van der Waals surface area contributed by atoms with Crippen molar-refractivity contribution < 1.29 is 19.2 Å². The second-order valence-electron chi connectivity index (χ2n) is 8.39. The van der Waals surface area contributed by atoms with Gasteiger partial charge in [-0.15, -0.1) is 0 Å². The lowest BCUT2D eigenvalue weighted by atomic mass is 9.95. The smallest absolute Gasteiger partial charge is 0.267 e. The Balaban J connectivity index is 1.55. The van der Waals surface area contributed by atoms with Crippen LogP contribution in [-0.4, -0.2) is 64.8 Å². The first-order valence-electron chi connectivity index (χ1n) is 11.3. The Labute approximate surface area is 182 Å². The third kappa shape index (κ3) is 3.47. The minimum Gasteiger partial charge on any atom is -0.352 e. The molecule has 1 aliphatic carbocycles. The molecule has 8 heteroatoms. The summed E-state index contributed by atoms with van der Waals surface area (Å²) in [7, 11) is 0. The standard InChI is InChI=1S/C23H30N4O4/c1-3-25(4-2)19(28)10-7-15-24-22(31)23-14-13-20(29)27(23)18-9-6-5-8-17(18)21(30)26(23)16-11-12-16/h5-6,8-9,16H,3-4,7,10-15H2,1-2H3,(H,24,31)/t23-/m1/s1. The number of carbonyl (C=O) groups excluding carboxylic acids is 4. The third-order valence-corrected chi connectivity index (χ3v) is 6.54. The number of nitrogens with zero attached hydrogens (tertiary/aromatic N) is 3. The van der Waals surface area contributed by atoms with E-state index in [0.29, 0.717) is 43.7 Å². The molecule has 1 aromatic rings. The number of hydrogen-bond donors (Lipinski definition) is 1. The van der Waals surface area contributed by atoms with Gasteiger partial charge >= 0.3 is 0 Å². The van der Waals surface area contributed by atoms with Crippen molar-refractivity contribution in [3.05, 3.63) is 29.8 Å². The monoisotopic (exact) mass is 426 g/mol. The molecule has 4 amide bonds. The van der Waals surface area contributed by atoms with Gasteiger partial charge in [0.1, 0.15) is 0 Å². The Bertz CT molecular complexity index is 909. The molecular weight excluding hydrogens is 396 g/mol. The van der Waals surface area contributed by atoms with E-state index in [1.165, 1.54) is 0 Å². The van der Waals surface area contributed by atoms with Crippen molar-refractivity contribution in [2.24, 2.45) is 0 Å². The summed E-state index contributed by atoms with van der Waals surface area (Å²) in [6.45, 7) is 5.54. The van der Waals surface area contributed by atoms with Crippen LogP contribution in [-0.2, 0) is 14.4 Å². The van der Waals surface area contributed by atoms with Crippen LogP contribution in [0.25, 0.3) is 0 Å². The minimum absolute atomic E-state index is 0.0238. The number of para-hydroxylation sites is 1. The highest BCUT2D eigenvalue weighted by atomic mass is 16.2. The van der Waals surface area contributed by atoms with Gasteiger partial charge in [0.2, 0.25) is 17.5 Å². The predicted octanol–water partition coefficient (Wildman–Crippen LogP) is 1.89. The first-order chi connectivity index (χ1) is 15.0. The molecule has 2 fully saturated rings. The molecule has 1 atom stereocenters. The summed E-state index contributed by atoms with van der Waals surface area (Å²) < 4.78 is 0. The van der Waals surface area contributed by atoms with Crippen molar-refractivity contribution in [2.75, 3.05) is 24.5 Å². The van der Waals surface area contributed by atoms with Gasteiger partial charge < -0.3 is 15.1 Å². The summed E-state index contributed by atoms with van der Waals surface area (Å²) in [6.07, 6.45) is 3.04. The summed E-state index contributed by atoms with van der Waals surface area (Å²) in [4.78, 5) is 57.0. The molecule has 0 unspecified atom stereocenters. The summed E-state index contributed by atoms with van der Waals surface area (Å²) in [5, 5.41) is 2.93. The highest BCUT2D eigenvalue weighted by molar-refractivity contribution is 6.16. The molecular formula is C23H30N4O4. The number of carbonyl (C=O) groups is 4. The first kappa shape index (κ1) is 21.3. The summed E-state index contributed by atoms with van der Waals surface area (Å²) in [6, 6.07) is 7.00. The molecule has 1 saturated carbocycles. The molecule has 0 spiro atoms. The fourth-order valence-corrected chi connectivity index (χ4v) is 4.86. The van der Waals surface area contributed by atoms with Crippen molar-refractivity contribution in [3.63, 3.8) is 0 Å². The maximum absolute atomic E-state index is 13.5. The quantitative estimate of drug-likeness (QED) is 0.643. The van der Waals surface area contributed by atoms with Crippen molar-refractivity contribution in [1.29, 1.82) is 0 Å². The fourth-order valence-electron chi connectivity index (χ4n) is 4.86. The molecule has 0 radical (unpaired) electrons. The zero-order chi connectivity index (χ0) is 22.2.